The van der Waals surface area contributed by atoms with Gasteiger partial charge in [0.05, 0.1) is 36.6 Å². The topological polar surface area (TPSA) is 127 Å². The summed E-state index contributed by atoms with van der Waals surface area (Å²) in [7, 11) is 2.67. The standard InChI is InChI=1S/C23H22N2O7/c1-13-15-6-4-5-7-16(15)25-17(21(13)23(28)30-3)11-32-22(27)14-8-9-18(19(10-14)29-2)31-12-20(24)26/h4-10H,11-12H2,1-3H3,(H2,24,26). The average molecular weight is 438 g/mol. The summed E-state index contributed by atoms with van der Waals surface area (Å²) in [5, 5.41) is 0.805. The van der Waals surface area contributed by atoms with Crippen molar-refractivity contribution in [3.05, 3.63) is 64.8 Å². The van der Waals surface area contributed by atoms with Gasteiger partial charge in [0.1, 0.15) is 6.61 Å². The number of benzene rings is 2. The number of rotatable bonds is 8. The third-order valence-corrected chi connectivity index (χ3v) is 4.73. The van der Waals surface area contributed by atoms with E-state index >= 15 is 0 Å². The van der Waals surface area contributed by atoms with Gasteiger partial charge >= 0.3 is 11.9 Å². The molecule has 0 aliphatic heterocycles. The molecule has 166 valence electrons. The van der Waals surface area contributed by atoms with Crippen LogP contribution in [0.1, 0.15) is 32.0 Å². The van der Waals surface area contributed by atoms with E-state index in [4.69, 9.17) is 24.7 Å². The monoisotopic (exact) mass is 438 g/mol. The number of methoxy groups -OCH3 is 2. The number of ether oxygens (including phenoxy) is 4. The molecule has 0 aliphatic carbocycles. The van der Waals surface area contributed by atoms with E-state index in [1.165, 1.54) is 32.4 Å². The number of aryl methyl sites for hydroxylation is 1. The lowest BCUT2D eigenvalue weighted by Gasteiger charge is -2.14. The molecular formula is C23H22N2O7. The molecule has 0 radical (unpaired) electrons. The lowest BCUT2D eigenvalue weighted by molar-refractivity contribution is -0.119. The minimum atomic E-state index is -0.659. The van der Waals surface area contributed by atoms with E-state index in [1.54, 1.807) is 6.92 Å². The molecule has 1 amide bonds. The predicted molar refractivity (Wildman–Crippen MR) is 115 cm³/mol. The zero-order valence-corrected chi connectivity index (χ0v) is 17.8. The van der Waals surface area contributed by atoms with Gasteiger partial charge in [0.15, 0.2) is 18.1 Å². The Kier molecular flexibility index (Phi) is 6.89. The number of pyridine rings is 1. The maximum absolute atomic E-state index is 12.6. The molecule has 0 spiro atoms. The Bertz CT molecular complexity index is 1190. The predicted octanol–water partition coefficient (Wildman–Crippen LogP) is 2.56. The first kappa shape index (κ1) is 22.5. The van der Waals surface area contributed by atoms with Gasteiger partial charge in [-0.05, 0) is 36.8 Å². The number of aromatic nitrogens is 1. The van der Waals surface area contributed by atoms with Crippen LogP contribution >= 0.6 is 0 Å². The first-order valence-electron chi connectivity index (χ1n) is 9.58. The number of fused-ring (bicyclic) bond motifs is 1. The third kappa shape index (κ3) is 4.77. The van der Waals surface area contributed by atoms with Gasteiger partial charge in [-0.2, -0.15) is 0 Å². The first-order valence-corrected chi connectivity index (χ1v) is 9.58. The van der Waals surface area contributed by atoms with Gasteiger partial charge in [-0.1, -0.05) is 18.2 Å². The molecule has 1 aromatic heterocycles. The zero-order chi connectivity index (χ0) is 23.3. The lowest BCUT2D eigenvalue weighted by Crippen LogP contribution is -2.20. The zero-order valence-electron chi connectivity index (χ0n) is 17.8. The number of carbonyl (C=O) groups is 3. The minimum absolute atomic E-state index is 0.186. The van der Waals surface area contributed by atoms with E-state index in [0.29, 0.717) is 11.1 Å². The van der Waals surface area contributed by atoms with Crippen molar-refractivity contribution < 1.29 is 33.3 Å². The maximum Gasteiger partial charge on any atom is 0.340 e. The van der Waals surface area contributed by atoms with Gasteiger partial charge in [0, 0.05) is 5.39 Å². The van der Waals surface area contributed by atoms with Crippen LogP contribution in [0.25, 0.3) is 10.9 Å². The summed E-state index contributed by atoms with van der Waals surface area (Å²) >= 11 is 0. The van der Waals surface area contributed by atoms with Crippen molar-refractivity contribution >= 4 is 28.7 Å². The highest BCUT2D eigenvalue weighted by molar-refractivity contribution is 5.98. The van der Waals surface area contributed by atoms with E-state index in [1.807, 2.05) is 24.3 Å². The van der Waals surface area contributed by atoms with Crippen LogP contribution in [0.15, 0.2) is 42.5 Å². The Morgan fingerprint density at radius 1 is 1.00 bits per heavy atom. The second kappa shape index (κ2) is 9.78. The summed E-state index contributed by atoms with van der Waals surface area (Å²) in [6.07, 6.45) is 0. The number of nitrogens with two attached hydrogens (primary N) is 1. The summed E-state index contributed by atoms with van der Waals surface area (Å²) in [6.45, 7) is 1.22. The SMILES string of the molecule is COC(=O)c1c(COC(=O)c2ccc(OCC(N)=O)c(OC)c2)nc2ccccc2c1C. The Balaban J connectivity index is 1.85. The van der Waals surface area contributed by atoms with Crippen molar-refractivity contribution in [1.29, 1.82) is 0 Å². The van der Waals surface area contributed by atoms with E-state index in [-0.39, 0.29) is 41.5 Å². The van der Waals surface area contributed by atoms with Gasteiger partial charge in [-0.25, -0.2) is 14.6 Å². The molecule has 0 aliphatic rings. The van der Waals surface area contributed by atoms with Crippen LogP contribution in [-0.4, -0.2) is 43.7 Å². The number of carbonyl (C=O) groups excluding carboxylic acids is 3. The number of hydrogen-bond donors (Lipinski definition) is 1. The lowest BCUT2D eigenvalue weighted by atomic mass is 10.0. The number of esters is 2. The van der Waals surface area contributed by atoms with E-state index in [9.17, 15) is 14.4 Å². The Morgan fingerprint density at radius 2 is 1.75 bits per heavy atom. The number of para-hydroxylation sites is 1. The second-order valence-corrected chi connectivity index (χ2v) is 6.76. The molecule has 1 heterocycles. The average Bonchev–Trinajstić information content (AvgIpc) is 2.80. The first-order chi connectivity index (χ1) is 15.3. The van der Waals surface area contributed by atoms with Crippen molar-refractivity contribution in [1.82, 2.24) is 4.98 Å². The largest absolute Gasteiger partial charge is 0.493 e. The molecule has 2 aromatic carbocycles. The molecule has 0 saturated heterocycles. The number of nitrogens with zero attached hydrogens (tertiary/aromatic N) is 1. The molecule has 9 nitrogen and oxygen atoms in total. The highest BCUT2D eigenvalue weighted by atomic mass is 16.5. The van der Waals surface area contributed by atoms with E-state index < -0.39 is 17.8 Å². The molecule has 3 rings (SSSR count). The summed E-state index contributed by atoms with van der Waals surface area (Å²) in [6, 6.07) is 11.7. The van der Waals surface area contributed by atoms with Crippen LogP contribution in [-0.2, 0) is 20.9 Å². The smallest absolute Gasteiger partial charge is 0.340 e. The summed E-state index contributed by atoms with van der Waals surface area (Å²) in [5.41, 5.74) is 7.16. The fourth-order valence-electron chi connectivity index (χ4n) is 3.20. The summed E-state index contributed by atoms with van der Waals surface area (Å²) in [4.78, 5) is 40.4. The quantitative estimate of drug-likeness (QED) is 0.532. The van der Waals surface area contributed by atoms with Gasteiger partial charge in [-0.3, -0.25) is 4.79 Å². The third-order valence-electron chi connectivity index (χ3n) is 4.73. The second-order valence-electron chi connectivity index (χ2n) is 6.76. The van der Waals surface area contributed by atoms with E-state index in [2.05, 4.69) is 4.98 Å². The molecule has 0 atom stereocenters. The highest BCUT2D eigenvalue weighted by Crippen LogP contribution is 2.29. The highest BCUT2D eigenvalue weighted by Gasteiger charge is 2.21. The van der Waals surface area contributed by atoms with Crippen LogP contribution in [0.5, 0.6) is 11.5 Å². The molecule has 0 bridgehead atoms. The van der Waals surface area contributed by atoms with Crippen LogP contribution in [0, 0.1) is 6.92 Å². The molecule has 3 aromatic rings. The van der Waals surface area contributed by atoms with Crippen LogP contribution in [0.2, 0.25) is 0 Å². The fraction of sp³-hybridized carbons (Fsp3) is 0.217. The Hall–Kier alpha value is -4.14. The van der Waals surface area contributed by atoms with Gasteiger partial charge < -0.3 is 24.7 Å². The van der Waals surface area contributed by atoms with Gasteiger partial charge in [-0.15, -0.1) is 0 Å². The van der Waals surface area contributed by atoms with Crippen molar-refractivity contribution in [2.24, 2.45) is 5.73 Å². The van der Waals surface area contributed by atoms with Crippen molar-refractivity contribution in [3.8, 4) is 11.5 Å². The molecule has 2 N–H and O–H groups in total. The Labute approximate surface area is 184 Å². The van der Waals surface area contributed by atoms with Crippen LogP contribution in [0.4, 0.5) is 0 Å². The molecular weight excluding hydrogens is 416 g/mol. The van der Waals surface area contributed by atoms with Crippen molar-refractivity contribution in [2.75, 3.05) is 20.8 Å². The van der Waals surface area contributed by atoms with Gasteiger partial charge in [0.25, 0.3) is 5.91 Å². The van der Waals surface area contributed by atoms with Crippen LogP contribution < -0.4 is 15.2 Å². The number of amides is 1. The summed E-state index contributed by atoms with van der Waals surface area (Å²) in [5.74, 6) is -1.38. The molecule has 32 heavy (non-hydrogen) atoms. The maximum atomic E-state index is 12.6. The van der Waals surface area contributed by atoms with Crippen LogP contribution in [0.3, 0.4) is 0 Å². The molecule has 0 saturated carbocycles. The molecule has 0 fully saturated rings. The molecule has 0 unspecified atom stereocenters. The van der Waals surface area contributed by atoms with E-state index in [0.717, 1.165) is 5.39 Å². The minimum Gasteiger partial charge on any atom is -0.493 e. The normalized spacial score (nSPS) is 10.5. The fourth-order valence-corrected chi connectivity index (χ4v) is 3.20. The number of hydrogen-bond acceptors (Lipinski definition) is 8. The Morgan fingerprint density at radius 3 is 2.44 bits per heavy atom. The summed E-state index contributed by atoms with van der Waals surface area (Å²) < 4.78 is 20.8. The van der Waals surface area contributed by atoms with Crippen molar-refractivity contribution in [3.63, 3.8) is 0 Å². The van der Waals surface area contributed by atoms with Gasteiger partial charge in [0.2, 0.25) is 0 Å². The van der Waals surface area contributed by atoms with Crippen molar-refractivity contribution in [2.45, 2.75) is 13.5 Å². The molecule has 9 heteroatoms. The number of primary amides is 1.